The van der Waals surface area contributed by atoms with Crippen LogP contribution in [0.15, 0.2) is 35.3 Å². The Bertz CT molecular complexity index is 675. The van der Waals surface area contributed by atoms with Crippen molar-refractivity contribution in [2.24, 2.45) is 10.9 Å². The van der Waals surface area contributed by atoms with Gasteiger partial charge < -0.3 is 20.0 Å². The van der Waals surface area contributed by atoms with Crippen LogP contribution in [0.1, 0.15) is 44.2 Å². The molecule has 2 aliphatic heterocycles. The third-order valence-electron chi connectivity index (χ3n) is 6.06. The fourth-order valence-electron chi connectivity index (χ4n) is 4.22. The zero-order chi connectivity index (χ0) is 20.6. The van der Waals surface area contributed by atoms with Crippen molar-refractivity contribution in [3.05, 3.63) is 35.9 Å². The zero-order valence-electron chi connectivity index (χ0n) is 18.7. The highest BCUT2D eigenvalue weighted by molar-refractivity contribution is 14.0. The Labute approximate surface area is 199 Å². The fourth-order valence-corrected chi connectivity index (χ4v) is 4.22. The van der Waals surface area contributed by atoms with Gasteiger partial charge in [0.25, 0.3) is 0 Å². The van der Waals surface area contributed by atoms with Crippen molar-refractivity contribution in [1.82, 2.24) is 20.0 Å². The van der Waals surface area contributed by atoms with Gasteiger partial charge in [-0.2, -0.15) is 0 Å². The maximum absolute atomic E-state index is 12.1. The molecule has 6 nitrogen and oxygen atoms in total. The number of likely N-dealkylation sites (tertiary alicyclic amines) is 2. The van der Waals surface area contributed by atoms with Crippen molar-refractivity contribution in [3.8, 4) is 0 Å². The lowest BCUT2D eigenvalue weighted by Gasteiger charge is -2.29. The zero-order valence-corrected chi connectivity index (χ0v) is 21.0. The van der Waals surface area contributed by atoms with Crippen LogP contribution in [0.4, 0.5) is 0 Å². The van der Waals surface area contributed by atoms with E-state index in [-0.39, 0.29) is 42.5 Å². The molecule has 2 aliphatic rings. The van der Waals surface area contributed by atoms with E-state index in [0.29, 0.717) is 5.92 Å². The van der Waals surface area contributed by atoms with E-state index < -0.39 is 0 Å². The van der Waals surface area contributed by atoms with Gasteiger partial charge in [-0.05, 0) is 50.8 Å². The highest BCUT2D eigenvalue weighted by atomic mass is 127. The Balaban J connectivity index is 0.00000320. The smallest absolute Gasteiger partial charge is 0.243 e. The molecular formula is C23H38IN5O. The van der Waals surface area contributed by atoms with Gasteiger partial charge in [-0.15, -0.1) is 24.0 Å². The molecule has 1 amide bonds. The summed E-state index contributed by atoms with van der Waals surface area (Å²) in [6.07, 6.45) is 5.25. The Kier molecular flexibility index (Phi) is 10.4. The van der Waals surface area contributed by atoms with Crippen molar-refractivity contribution >= 4 is 35.8 Å². The topological polar surface area (TPSA) is 51.2 Å². The summed E-state index contributed by atoms with van der Waals surface area (Å²) in [5.41, 5.74) is 1.23. The average molecular weight is 527 g/mol. The number of nitrogens with one attached hydrogen (secondary N) is 1. The van der Waals surface area contributed by atoms with E-state index >= 15 is 0 Å². The molecular weight excluding hydrogens is 489 g/mol. The highest BCUT2D eigenvalue weighted by Crippen LogP contribution is 2.21. The molecule has 30 heavy (non-hydrogen) atoms. The summed E-state index contributed by atoms with van der Waals surface area (Å²) in [5.74, 6) is 1.56. The number of rotatable bonds is 6. The molecule has 1 aromatic rings. The van der Waals surface area contributed by atoms with Crippen LogP contribution < -0.4 is 5.32 Å². The number of benzene rings is 1. The lowest BCUT2D eigenvalue weighted by Crippen LogP contribution is -2.43. The monoisotopic (exact) mass is 527 g/mol. The summed E-state index contributed by atoms with van der Waals surface area (Å²) in [7, 11) is 3.56. The van der Waals surface area contributed by atoms with Gasteiger partial charge in [0.05, 0.1) is 6.04 Å². The Hall–Kier alpha value is -1.35. The van der Waals surface area contributed by atoms with Gasteiger partial charge in [-0.3, -0.25) is 4.79 Å². The molecule has 0 bridgehead atoms. The van der Waals surface area contributed by atoms with Crippen LogP contribution in [-0.4, -0.2) is 79.9 Å². The lowest BCUT2D eigenvalue weighted by atomic mass is 10.1. The molecule has 1 aromatic carbocycles. The normalized spacial score (nSPS) is 21.1. The molecule has 0 saturated carbocycles. The molecule has 2 unspecified atom stereocenters. The van der Waals surface area contributed by atoms with E-state index in [2.05, 4.69) is 46.3 Å². The third kappa shape index (κ3) is 7.41. The Morgan fingerprint density at radius 3 is 2.53 bits per heavy atom. The SMILES string of the molecule is CC(NC(=NCC(=O)N(C)C)N1CCC(CN2CCCCC2)C1)c1ccccc1.I. The van der Waals surface area contributed by atoms with Crippen LogP contribution in [0.25, 0.3) is 0 Å². The largest absolute Gasteiger partial charge is 0.350 e. The molecule has 2 heterocycles. The van der Waals surface area contributed by atoms with Crippen molar-refractivity contribution in [1.29, 1.82) is 0 Å². The molecule has 2 saturated heterocycles. The summed E-state index contributed by atoms with van der Waals surface area (Å²) < 4.78 is 0. The predicted molar refractivity (Wildman–Crippen MR) is 134 cm³/mol. The molecule has 1 N–H and O–H groups in total. The number of hydrogen-bond acceptors (Lipinski definition) is 3. The maximum Gasteiger partial charge on any atom is 0.243 e. The van der Waals surface area contributed by atoms with Crippen LogP contribution in [-0.2, 0) is 4.79 Å². The van der Waals surface area contributed by atoms with Gasteiger partial charge in [0.2, 0.25) is 5.91 Å². The van der Waals surface area contributed by atoms with Gasteiger partial charge in [0, 0.05) is 33.7 Å². The molecule has 7 heteroatoms. The van der Waals surface area contributed by atoms with Gasteiger partial charge in [0.1, 0.15) is 6.54 Å². The maximum atomic E-state index is 12.1. The second-order valence-corrected chi connectivity index (χ2v) is 8.67. The molecule has 0 spiro atoms. The number of piperidine rings is 1. The highest BCUT2D eigenvalue weighted by Gasteiger charge is 2.28. The summed E-state index contributed by atoms with van der Waals surface area (Å²) in [6, 6.07) is 10.6. The molecule has 0 aliphatic carbocycles. The Morgan fingerprint density at radius 1 is 1.17 bits per heavy atom. The van der Waals surface area contributed by atoms with E-state index in [4.69, 9.17) is 4.99 Å². The van der Waals surface area contributed by atoms with Crippen LogP contribution in [0.3, 0.4) is 0 Å². The number of hydrogen-bond donors (Lipinski definition) is 1. The first-order valence-electron chi connectivity index (χ1n) is 11.1. The van der Waals surface area contributed by atoms with Crippen molar-refractivity contribution in [2.75, 3.05) is 53.4 Å². The standard InChI is InChI=1S/C23H37N5O.HI/c1-19(21-10-6-4-7-11-21)25-23(24-16-22(29)26(2)3)28-15-12-20(18-28)17-27-13-8-5-9-14-27;/h4,6-7,10-11,19-20H,5,8-9,12-18H2,1-3H3,(H,24,25);1H. The number of carbonyl (C=O) groups excluding carboxylic acids is 1. The van der Waals surface area contributed by atoms with E-state index in [1.54, 1.807) is 19.0 Å². The summed E-state index contributed by atoms with van der Waals surface area (Å²) in [5, 5.41) is 3.59. The number of halogens is 1. The quantitative estimate of drug-likeness (QED) is 0.351. The number of nitrogens with zero attached hydrogens (tertiary/aromatic N) is 4. The minimum atomic E-state index is 0. The van der Waals surface area contributed by atoms with E-state index in [9.17, 15) is 4.79 Å². The van der Waals surface area contributed by atoms with Crippen LogP contribution in [0.5, 0.6) is 0 Å². The fraction of sp³-hybridized carbons (Fsp3) is 0.652. The third-order valence-corrected chi connectivity index (χ3v) is 6.06. The van der Waals surface area contributed by atoms with Crippen LogP contribution in [0.2, 0.25) is 0 Å². The lowest BCUT2D eigenvalue weighted by molar-refractivity contribution is -0.127. The first-order chi connectivity index (χ1) is 14.0. The van der Waals surface area contributed by atoms with E-state index in [1.807, 2.05) is 6.07 Å². The molecule has 0 radical (unpaired) electrons. The van der Waals surface area contributed by atoms with Crippen molar-refractivity contribution in [2.45, 2.75) is 38.6 Å². The van der Waals surface area contributed by atoms with Crippen LogP contribution in [0, 0.1) is 5.92 Å². The molecule has 2 fully saturated rings. The summed E-state index contributed by atoms with van der Waals surface area (Å²) >= 11 is 0. The van der Waals surface area contributed by atoms with E-state index in [0.717, 1.165) is 19.0 Å². The van der Waals surface area contributed by atoms with Crippen molar-refractivity contribution in [3.63, 3.8) is 0 Å². The van der Waals surface area contributed by atoms with Gasteiger partial charge in [-0.25, -0.2) is 4.99 Å². The molecule has 2 atom stereocenters. The van der Waals surface area contributed by atoms with Gasteiger partial charge in [0.15, 0.2) is 5.96 Å². The predicted octanol–water partition coefficient (Wildman–Crippen LogP) is 3.21. The minimum Gasteiger partial charge on any atom is -0.350 e. The summed E-state index contributed by atoms with van der Waals surface area (Å²) in [6.45, 7) is 8.04. The molecule has 3 rings (SSSR count). The molecule has 0 aromatic heterocycles. The minimum absolute atomic E-state index is 0. The number of carbonyl (C=O) groups is 1. The number of aliphatic imine (C=N–C) groups is 1. The van der Waals surface area contributed by atoms with E-state index in [1.165, 1.54) is 50.9 Å². The molecule has 168 valence electrons. The number of likely N-dealkylation sites (N-methyl/N-ethyl adjacent to an activating group) is 1. The average Bonchev–Trinajstić information content (AvgIpc) is 3.20. The summed E-state index contributed by atoms with van der Waals surface area (Å²) in [4.78, 5) is 23.4. The van der Waals surface area contributed by atoms with Gasteiger partial charge in [-0.1, -0.05) is 36.8 Å². The first-order valence-corrected chi connectivity index (χ1v) is 11.1. The number of amides is 1. The van der Waals surface area contributed by atoms with Crippen molar-refractivity contribution < 1.29 is 4.79 Å². The van der Waals surface area contributed by atoms with Crippen LogP contribution >= 0.6 is 24.0 Å². The second-order valence-electron chi connectivity index (χ2n) is 8.67. The van der Waals surface area contributed by atoms with Gasteiger partial charge >= 0.3 is 0 Å². The Morgan fingerprint density at radius 2 is 1.87 bits per heavy atom. The first kappa shape index (κ1) is 24.9. The number of guanidine groups is 1. The second kappa shape index (κ2) is 12.5.